The van der Waals surface area contributed by atoms with E-state index in [0.717, 1.165) is 46.3 Å². The molecule has 1 aliphatic carbocycles. The van der Waals surface area contributed by atoms with E-state index in [1.165, 1.54) is 35.6 Å². The number of thiazole rings is 1. The lowest BCUT2D eigenvalue weighted by Gasteiger charge is -2.11. The van der Waals surface area contributed by atoms with Gasteiger partial charge in [-0.25, -0.2) is 9.37 Å². The SMILES string of the molecule is O=C(Cc1cccc(OC(F)(F)F)c1)Nc1cc(Cc2ccc3nc(NC(=O)C4CC4)sc3c2)ccc1F. The summed E-state index contributed by atoms with van der Waals surface area (Å²) in [6, 6.07) is 15.2. The zero-order valence-corrected chi connectivity index (χ0v) is 20.6. The summed E-state index contributed by atoms with van der Waals surface area (Å²) >= 11 is 1.38. The Morgan fingerprint density at radius 1 is 0.974 bits per heavy atom. The summed E-state index contributed by atoms with van der Waals surface area (Å²) in [6.45, 7) is 0. The van der Waals surface area contributed by atoms with Crippen LogP contribution >= 0.6 is 11.3 Å². The molecule has 0 unspecified atom stereocenters. The molecule has 1 aromatic heterocycles. The van der Waals surface area contributed by atoms with Crippen molar-refractivity contribution in [2.75, 3.05) is 10.6 Å². The van der Waals surface area contributed by atoms with Gasteiger partial charge in [0.25, 0.3) is 0 Å². The molecule has 5 rings (SSSR count). The quantitative estimate of drug-likeness (QED) is 0.250. The number of rotatable bonds is 8. The van der Waals surface area contributed by atoms with E-state index < -0.39 is 23.8 Å². The molecule has 0 atom stereocenters. The summed E-state index contributed by atoms with van der Waals surface area (Å²) in [4.78, 5) is 29.0. The average Bonchev–Trinajstić information content (AvgIpc) is 3.61. The number of aromatic nitrogens is 1. The van der Waals surface area contributed by atoms with Crippen molar-refractivity contribution in [1.82, 2.24) is 4.98 Å². The summed E-state index contributed by atoms with van der Waals surface area (Å²) in [5.74, 6) is -1.58. The number of hydrogen-bond acceptors (Lipinski definition) is 5. The number of nitrogens with zero attached hydrogens (tertiary/aromatic N) is 1. The number of hydrogen-bond donors (Lipinski definition) is 2. The summed E-state index contributed by atoms with van der Waals surface area (Å²) < 4.78 is 56.6. The van der Waals surface area contributed by atoms with Crippen LogP contribution in [-0.2, 0) is 22.4 Å². The molecule has 2 amide bonds. The first kappa shape index (κ1) is 25.7. The monoisotopic (exact) mass is 543 g/mol. The molecule has 4 aromatic rings. The van der Waals surface area contributed by atoms with E-state index in [-0.39, 0.29) is 29.5 Å². The second-order valence-corrected chi connectivity index (χ2v) is 10.0. The van der Waals surface area contributed by atoms with Gasteiger partial charge < -0.3 is 15.4 Å². The minimum Gasteiger partial charge on any atom is -0.406 e. The fourth-order valence-corrected chi connectivity index (χ4v) is 4.86. The molecule has 196 valence electrons. The highest BCUT2D eigenvalue weighted by atomic mass is 32.1. The lowest BCUT2D eigenvalue weighted by molar-refractivity contribution is -0.274. The van der Waals surface area contributed by atoms with Gasteiger partial charge in [0.05, 0.1) is 22.3 Å². The van der Waals surface area contributed by atoms with Gasteiger partial charge in [0.15, 0.2) is 5.13 Å². The maximum absolute atomic E-state index is 14.4. The van der Waals surface area contributed by atoms with Crippen LogP contribution < -0.4 is 15.4 Å². The van der Waals surface area contributed by atoms with E-state index >= 15 is 0 Å². The third-order valence-corrected chi connectivity index (χ3v) is 6.77. The summed E-state index contributed by atoms with van der Waals surface area (Å²) in [6.07, 6.45) is -2.84. The second kappa shape index (κ2) is 10.4. The van der Waals surface area contributed by atoms with Crippen molar-refractivity contribution >= 4 is 44.2 Å². The molecule has 0 spiro atoms. The van der Waals surface area contributed by atoms with Crippen LogP contribution in [0, 0.1) is 11.7 Å². The third kappa shape index (κ3) is 6.65. The number of alkyl halides is 3. The van der Waals surface area contributed by atoms with Crippen LogP contribution in [0.25, 0.3) is 10.2 Å². The van der Waals surface area contributed by atoms with Gasteiger partial charge in [-0.05, 0) is 72.4 Å². The Hall–Kier alpha value is -3.99. The maximum Gasteiger partial charge on any atom is 0.573 e. The number of halogens is 4. The van der Waals surface area contributed by atoms with Crippen LogP contribution in [-0.4, -0.2) is 23.2 Å². The van der Waals surface area contributed by atoms with Gasteiger partial charge in [0.1, 0.15) is 11.6 Å². The van der Waals surface area contributed by atoms with Crippen LogP contribution in [0.2, 0.25) is 0 Å². The number of amides is 2. The minimum atomic E-state index is -4.84. The van der Waals surface area contributed by atoms with E-state index in [2.05, 4.69) is 20.4 Å². The molecule has 11 heteroatoms. The van der Waals surface area contributed by atoms with E-state index in [1.54, 1.807) is 6.07 Å². The number of carbonyl (C=O) groups excluding carboxylic acids is 2. The first-order chi connectivity index (χ1) is 18.1. The van der Waals surface area contributed by atoms with E-state index in [9.17, 15) is 27.2 Å². The highest BCUT2D eigenvalue weighted by molar-refractivity contribution is 7.22. The number of anilines is 2. The van der Waals surface area contributed by atoms with Crippen LogP contribution in [0.5, 0.6) is 5.75 Å². The molecule has 2 N–H and O–H groups in total. The largest absolute Gasteiger partial charge is 0.573 e. The van der Waals surface area contributed by atoms with Crippen LogP contribution in [0.3, 0.4) is 0 Å². The molecule has 0 bridgehead atoms. The van der Waals surface area contributed by atoms with Gasteiger partial charge in [0, 0.05) is 5.92 Å². The predicted molar refractivity (Wildman–Crippen MR) is 136 cm³/mol. The van der Waals surface area contributed by atoms with Crippen molar-refractivity contribution in [2.45, 2.75) is 32.0 Å². The summed E-state index contributed by atoms with van der Waals surface area (Å²) in [5, 5.41) is 5.90. The van der Waals surface area contributed by atoms with Crippen LogP contribution in [0.15, 0.2) is 60.7 Å². The van der Waals surface area contributed by atoms with Gasteiger partial charge in [-0.3, -0.25) is 9.59 Å². The fourth-order valence-electron chi connectivity index (χ4n) is 3.93. The number of nitrogens with one attached hydrogen (secondary N) is 2. The van der Waals surface area contributed by atoms with Crippen molar-refractivity contribution in [3.63, 3.8) is 0 Å². The standard InChI is InChI=1S/C27H21F4N3O3S/c28-20-8-4-16(10-17-5-9-21-23(13-17)38-26(33-21)34-25(36)18-6-7-18)12-22(20)32-24(35)14-15-2-1-3-19(11-15)37-27(29,30)31/h1-5,8-9,11-13,18H,6-7,10,14H2,(H,32,35)(H,33,34,36). The molecule has 3 aromatic carbocycles. The highest BCUT2D eigenvalue weighted by Gasteiger charge is 2.31. The van der Waals surface area contributed by atoms with Crippen LogP contribution in [0.1, 0.15) is 29.5 Å². The molecular weight excluding hydrogens is 522 g/mol. The Morgan fingerprint density at radius 2 is 1.74 bits per heavy atom. The van der Waals surface area contributed by atoms with Gasteiger partial charge in [0.2, 0.25) is 11.8 Å². The van der Waals surface area contributed by atoms with Crippen molar-refractivity contribution < 1.29 is 31.9 Å². The average molecular weight is 544 g/mol. The predicted octanol–water partition coefficient (Wildman–Crippen LogP) is 6.45. The summed E-state index contributed by atoms with van der Waals surface area (Å²) in [7, 11) is 0. The molecule has 38 heavy (non-hydrogen) atoms. The Bertz CT molecular complexity index is 1520. The van der Waals surface area contributed by atoms with E-state index in [0.29, 0.717) is 11.6 Å². The number of benzene rings is 3. The molecule has 0 saturated heterocycles. The molecule has 1 fully saturated rings. The first-order valence-corrected chi connectivity index (χ1v) is 12.6. The zero-order valence-electron chi connectivity index (χ0n) is 19.8. The zero-order chi connectivity index (χ0) is 26.9. The minimum absolute atomic E-state index is 0.00693. The van der Waals surface area contributed by atoms with Crippen molar-refractivity contribution in [2.24, 2.45) is 5.92 Å². The number of ether oxygens (including phenoxy) is 1. The van der Waals surface area contributed by atoms with E-state index in [4.69, 9.17) is 0 Å². The molecule has 1 aliphatic rings. The molecule has 1 saturated carbocycles. The van der Waals surface area contributed by atoms with Gasteiger partial charge in [-0.1, -0.05) is 35.6 Å². The van der Waals surface area contributed by atoms with Crippen molar-refractivity contribution in [1.29, 1.82) is 0 Å². The normalized spacial score (nSPS) is 13.4. The molecule has 6 nitrogen and oxygen atoms in total. The molecule has 1 heterocycles. The third-order valence-electron chi connectivity index (χ3n) is 5.84. The molecule has 0 radical (unpaired) electrons. The van der Waals surface area contributed by atoms with Crippen molar-refractivity contribution in [3.05, 3.63) is 83.2 Å². The topological polar surface area (TPSA) is 80.3 Å². The smallest absolute Gasteiger partial charge is 0.406 e. The molecule has 0 aliphatic heterocycles. The van der Waals surface area contributed by atoms with Gasteiger partial charge in [-0.15, -0.1) is 13.2 Å². The van der Waals surface area contributed by atoms with Gasteiger partial charge in [-0.2, -0.15) is 0 Å². The Kier molecular flexibility index (Phi) is 7.02. The van der Waals surface area contributed by atoms with Crippen molar-refractivity contribution in [3.8, 4) is 5.75 Å². The Labute approximate surface area is 218 Å². The molecular formula is C27H21F4N3O3S. The maximum atomic E-state index is 14.4. The second-order valence-electron chi connectivity index (χ2n) is 9.00. The fraction of sp³-hybridized carbons (Fsp3) is 0.222. The lowest BCUT2D eigenvalue weighted by Crippen LogP contribution is -2.18. The summed E-state index contributed by atoms with van der Waals surface area (Å²) in [5.41, 5.74) is 2.70. The number of fused-ring (bicyclic) bond motifs is 1. The van der Waals surface area contributed by atoms with Crippen LogP contribution in [0.4, 0.5) is 28.4 Å². The first-order valence-electron chi connectivity index (χ1n) is 11.7. The highest BCUT2D eigenvalue weighted by Crippen LogP contribution is 2.33. The van der Waals surface area contributed by atoms with E-state index in [1.807, 2.05) is 18.2 Å². The lowest BCUT2D eigenvalue weighted by atomic mass is 10.0. The number of carbonyl (C=O) groups is 2. The Morgan fingerprint density at radius 3 is 2.50 bits per heavy atom. The Balaban J connectivity index is 1.24. The van der Waals surface area contributed by atoms with Gasteiger partial charge >= 0.3 is 6.36 Å².